The van der Waals surface area contributed by atoms with E-state index in [1.165, 1.54) is 5.69 Å². The Bertz CT molecular complexity index is 786. The highest BCUT2D eigenvalue weighted by molar-refractivity contribution is 5.94. The van der Waals surface area contributed by atoms with Gasteiger partial charge in [-0.2, -0.15) is 0 Å². The SMILES string of the molecule is COc1ccc(N2CCN(c3cncc(C(=O)NCCCN(C)C)c3)CC2)cc1. The molecule has 2 aromatic rings. The molecule has 3 rings (SSSR count). The molecule has 0 spiro atoms. The number of anilines is 2. The average Bonchev–Trinajstić information content (AvgIpc) is 2.77. The van der Waals surface area contributed by atoms with Gasteiger partial charge in [-0.15, -0.1) is 0 Å². The summed E-state index contributed by atoms with van der Waals surface area (Å²) >= 11 is 0. The number of rotatable bonds is 8. The summed E-state index contributed by atoms with van der Waals surface area (Å²) in [5.41, 5.74) is 2.82. The van der Waals surface area contributed by atoms with Gasteiger partial charge in [-0.05, 0) is 57.4 Å². The number of benzene rings is 1. The molecule has 1 N–H and O–H groups in total. The van der Waals surface area contributed by atoms with Gasteiger partial charge in [0.2, 0.25) is 0 Å². The van der Waals surface area contributed by atoms with Gasteiger partial charge in [-0.25, -0.2) is 0 Å². The molecule has 29 heavy (non-hydrogen) atoms. The molecule has 0 saturated carbocycles. The van der Waals surface area contributed by atoms with Gasteiger partial charge in [0.1, 0.15) is 5.75 Å². The van der Waals surface area contributed by atoms with E-state index in [4.69, 9.17) is 4.74 Å². The maximum Gasteiger partial charge on any atom is 0.252 e. The van der Waals surface area contributed by atoms with Gasteiger partial charge in [0.15, 0.2) is 0 Å². The van der Waals surface area contributed by atoms with Crippen molar-refractivity contribution in [2.45, 2.75) is 6.42 Å². The molecule has 1 aromatic carbocycles. The van der Waals surface area contributed by atoms with E-state index in [9.17, 15) is 4.79 Å². The summed E-state index contributed by atoms with van der Waals surface area (Å²) in [7, 11) is 5.74. The van der Waals surface area contributed by atoms with Crippen molar-refractivity contribution in [3.05, 3.63) is 48.3 Å². The molecule has 156 valence electrons. The normalized spacial score (nSPS) is 14.2. The zero-order valence-electron chi connectivity index (χ0n) is 17.6. The van der Waals surface area contributed by atoms with Crippen molar-refractivity contribution >= 4 is 17.3 Å². The first kappa shape index (κ1) is 20.9. The fraction of sp³-hybridized carbons (Fsp3) is 0.455. The second-order valence-corrected chi connectivity index (χ2v) is 7.52. The third kappa shape index (κ3) is 5.84. The Kier molecular flexibility index (Phi) is 7.30. The van der Waals surface area contributed by atoms with E-state index >= 15 is 0 Å². The van der Waals surface area contributed by atoms with Gasteiger partial charge in [0, 0.05) is 44.6 Å². The maximum atomic E-state index is 12.4. The third-order valence-electron chi connectivity index (χ3n) is 5.14. The molecule has 0 radical (unpaired) electrons. The monoisotopic (exact) mass is 397 g/mol. The van der Waals surface area contributed by atoms with Crippen molar-refractivity contribution in [2.75, 3.05) is 70.3 Å². The second kappa shape index (κ2) is 10.1. The molecule has 0 atom stereocenters. The fourth-order valence-corrected chi connectivity index (χ4v) is 3.44. The van der Waals surface area contributed by atoms with Crippen LogP contribution in [-0.4, -0.2) is 76.3 Å². The van der Waals surface area contributed by atoms with Gasteiger partial charge in [-0.3, -0.25) is 9.78 Å². The molecule has 1 aliphatic rings. The van der Waals surface area contributed by atoms with Crippen molar-refractivity contribution in [3.8, 4) is 5.75 Å². The highest BCUT2D eigenvalue weighted by Crippen LogP contribution is 2.23. The molecule has 2 heterocycles. The lowest BCUT2D eigenvalue weighted by atomic mass is 10.2. The van der Waals surface area contributed by atoms with Gasteiger partial charge in [-0.1, -0.05) is 0 Å². The van der Waals surface area contributed by atoms with Crippen LogP contribution in [0.25, 0.3) is 0 Å². The quantitative estimate of drug-likeness (QED) is 0.689. The number of piperazine rings is 1. The standard InChI is InChI=1S/C22H31N5O2/c1-25(2)10-4-9-24-22(28)18-15-20(17-23-16-18)27-13-11-26(12-14-27)19-5-7-21(29-3)8-6-19/h5-8,15-17H,4,9-14H2,1-3H3,(H,24,28). The summed E-state index contributed by atoms with van der Waals surface area (Å²) in [4.78, 5) is 23.5. The largest absolute Gasteiger partial charge is 0.497 e. The number of pyridine rings is 1. The topological polar surface area (TPSA) is 60.9 Å². The zero-order chi connectivity index (χ0) is 20.6. The first-order chi connectivity index (χ1) is 14.1. The minimum Gasteiger partial charge on any atom is -0.497 e. The Hall–Kier alpha value is -2.80. The molecular formula is C22H31N5O2. The molecule has 1 aliphatic heterocycles. The average molecular weight is 398 g/mol. The molecule has 7 heteroatoms. The van der Waals surface area contributed by atoms with E-state index in [2.05, 4.69) is 37.1 Å². The van der Waals surface area contributed by atoms with E-state index in [1.54, 1.807) is 13.3 Å². The Morgan fingerprint density at radius 2 is 1.72 bits per heavy atom. The summed E-state index contributed by atoms with van der Waals surface area (Å²) in [5, 5.41) is 2.98. The summed E-state index contributed by atoms with van der Waals surface area (Å²) in [6, 6.07) is 10.1. The Morgan fingerprint density at radius 3 is 2.34 bits per heavy atom. The summed E-state index contributed by atoms with van der Waals surface area (Å²) < 4.78 is 5.23. The lowest BCUT2D eigenvalue weighted by Crippen LogP contribution is -2.46. The number of nitrogens with one attached hydrogen (secondary N) is 1. The highest BCUT2D eigenvalue weighted by Gasteiger charge is 2.19. The maximum absolute atomic E-state index is 12.4. The fourth-order valence-electron chi connectivity index (χ4n) is 3.44. The van der Waals surface area contributed by atoms with Crippen molar-refractivity contribution in [2.24, 2.45) is 0 Å². The third-order valence-corrected chi connectivity index (χ3v) is 5.14. The van der Waals surface area contributed by atoms with Crippen LogP contribution in [0.3, 0.4) is 0 Å². The molecular weight excluding hydrogens is 366 g/mol. The number of ether oxygens (including phenoxy) is 1. The molecule has 1 saturated heterocycles. The minimum absolute atomic E-state index is 0.0602. The minimum atomic E-state index is -0.0602. The zero-order valence-corrected chi connectivity index (χ0v) is 17.6. The molecule has 1 amide bonds. The predicted octanol–water partition coefficient (Wildman–Crippen LogP) is 2.10. The van der Waals surface area contributed by atoms with Crippen LogP contribution in [0.5, 0.6) is 5.75 Å². The van der Waals surface area contributed by atoms with Crippen LogP contribution >= 0.6 is 0 Å². The lowest BCUT2D eigenvalue weighted by molar-refractivity contribution is 0.0952. The van der Waals surface area contributed by atoms with Gasteiger partial charge >= 0.3 is 0 Å². The number of aromatic nitrogens is 1. The van der Waals surface area contributed by atoms with Crippen molar-refractivity contribution < 1.29 is 9.53 Å². The molecule has 0 unspecified atom stereocenters. The smallest absolute Gasteiger partial charge is 0.252 e. The van der Waals surface area contributed by atoms with Crippen LogP contribution in [0.2, 0.25) is 0 Å². The van der Waals surface area contributed by atoms with Crippen LogP contribution in [-0.2, 0) is 0 Å². The molecule has 0 bridgehead atoms. The van der Waals surface area contributed by atoms with E-state index in [1.807, 2.05) is 38.5 Å². The Morgan fingerprint density at radius 1 is 1.07 bits per heavy atom. The van der Waals surface area contributed by atoms with Gasteiger partial charge in [0.05, 0.1) is 24.6 Å². The van der Waals surface area contributed by atoms with E-state index in [0.29, 0.717) is 12.1 Å². The number of carbonyl (C=O) groups is 1. The summed E-state index contributed by atoms with van der Waals surface area (Å²) in [6.45, 7) is 5.25. The number of methoxy groups -OCH3 is 1. The molecule has 7 nitrogen and oxygen atoms in total. The summed E-state index contributed by atoms with van der Waals surface area (Å²) in [6.07, 6.45) is 4.41. The van der Waals surface area contributed by atoms with Gasteiger partial charge in [0.25, 0.3) is 5.91 Å². The first-order valence-electron chi connectivity index (χ1n) is 10.1. The Balaban J connectivity index is 1.54. The number of amides is 1. The number of hydrogen-bond donors (Lipinski definition) is 1. The molecule has 1 fully saturated rings. The van der Waals surface area contributed by atoms with Crippen molar-refractivity contribution in [3.63, 3.8) is 0 Å². The summed E-state index contributed by atoms with van der Waals surface area (Å²) in [5.74, 6) is 0.810. The Labute approximate surface area is 173 Å². The van der Waals surface area contributed by atoms with E-state index in [-0.39, 0.29) is 5.91 Å². The highest BCUT2D eigenvalue weighted by atomic mass is 16.5. The van der Waals surface area contributed by atoms with Crippen molar-refractivity contribution in [1.82, 2.24) is 15.2 Å². The van der Waals surface area contributed by atoms with Crippen LogP contribution in [0.1, 0.15) is 16.8 Å². The number of carbonyl (C=O) groups excluding carboxylic acids is 1. The van der Waals surface area contributed by atoms with Gasteiger partial charge < -0.3 is 24.8 Å². The number of hydrogen-bond acceptors (Lipinski definition) is 6. The van der Waals surface area contributed by atoms with Crippen LogP contribution in [0, 0.1) is 0 Å². The van der Waals surface area contributed by atoms with Crippen LogP contribution in [0.4, 0.5) is 11.4 Å². The molecule has 1 aromatic heterocycles. The van der Waals surface area contributed by atoms with E-state index in [0.717, 1.165) is 50.6 Å². The molecule has 0 aliphatic carbocycles. The second-order valence-electron chi connectivity index (χ2n) is 7.52. The van der Waals surface area contributed by atoms with Crippen LogP contribution < -0.4 is 19.9 Å². The number of nitrogens with zero attached hydrogens (tertiary/aromatic N) is 4. The van der Waals surface area contributed by atoms with E-state index < -0.39 is 0 Å². The lowest BCUT2D eigenvalue weighted by Gasteiger charge is -2.37. The van der Waals surface area contributed by atoms with Crippen LogP contribution in [0.15, 0.2) is 42.7 Å². The predicted molar refractivity (Wildman–Crippen MR) is 117 cm³/mol. The first-order valence-corrected chi connectivity index (χ1v) is 10.1. The van der Waals surface area contributed by atoms with Crippen molar-refractivity contribution in [1.29, 1.82) is 0 Å².